The number of aryl methyl sites for hydroxylation is 1. The maximum atomic E-state index is 13.8. The third-order valence-corrected chi connectivity index (χ3v) is 6.38. The van der Waals surface area contributed by atoms with Crippen LogP contribution in [0.15, 0.2) is 36.9 Å². The lowest BCUT2D eigenvalue weighted by atomic mass is 9.89. The minimum atomic E-state index is -4.49. The van der Waals surface area contributed by atoms with Crippen molar-refractivity contribution in [3.8, 4) is 5.69 Å². The molecule has 1 aromatic carbocycles. The number of halogens is 3. The number of carbonyl (C=O) groups is 1. The molecule has 0 saturated carbocycles. The van der Waals surface area contributed by atoms with Crippen LogP contribution in [0.5, 0.6) is 0 Å². The minimum Gasteiger partial charge on any atom is -0.352 e. The summed E-state index contributed by atoms with van der Waals surface area (Å²) in [7, 11) is 0. The fourth-order valence-corrected chi connectivity index (χ4v) is 4.29. The third kappa shape index (κ3) is 4.73. The smallest absolute Gasteiger partial charge is 0.352 e. The van der Waals surface area contributed by atoms with Crippen LogP contribution in [0.1, 0.15) is 46.8 Å². The van der Waals surface area contributed by atoms with E-state index in [1.165, 1.54) is 4.80 Å². The number of nitrogens with zero attached hydrogens (tertiary/aromatic N) is 6. The molecule has 0 radical (unpaired) electrons. The number of benzene rings is 1. The Bertz CT molecular complexity index is 1150. The molecule has 0 bridgehead atoms. The first-order chi connectivity index (χ1) is 16.2. The van der Waals surface area contributed by atoms with Gasteiger partial charge < -0.3 is 10.2 Å². The Hall–Kier alpha value is -3.50. The molecule has 3 aromatic rings. The van der Waals surface area contributed by atoms with Crippen LogP contribution in [0, 0.1) is 19.8 Å². The molecule has 180 valence electrons. The van der Waals surface area contributed by atoms with Gasteiger partial charge in [-0.1, -0.05) is 13.0 Å². The van der Waals surface area contributed by atoms with Gasteiger partial charge in [0, 0.05) is 25.5 Å². The summed E-state index contributed by atoms with van der Waals surface area (Å²) in [4.78, 5) is 24.6. The normalized spacial score (nSPS) is 18.7. The number of alkyl halides is 3. The average Bonchev–Trinajstić information content (AvgIpc) is 3.33. The maximum Gasteiger partial charge on any atom is 0.419 e. The van der Waals surface area contributed by atoms with Crippen LogP contribution in [-0.2, 0) is 6.18 Å². The van der Waals surface area contributed by atoms with Crippen LogP contribution >= 0.6 is 0 Å². The molecular weight excluding hydrogens is 447 g/mol. The lowest BCUT2D eigenvalue weighted by Gasteiger charge is -2.40. The number of amides is 1. The predicted octanol–water partition coefficient (Wildman–Crippen LogP) is 4.05. The van der Waals surface area contributed by atoms with E-state index in [4.69, 9.17) is 0 Å². The summed E-state index contributed by atoms with van der Waals surface area (Å²) in [6, 6.07) is 3.52. The second-order valence-corrected chi connectivity index (χ2v) is 8.58. The number of hydrogen-bond donors (Lipinski definition) is 1. The van der Waals surface area contributed by atoms with Crippen molar-refractivity contribution in [3.05, 3.63) is 59.2 Å². The fraction of sp³-hybridized carbons (Fsp3) is 0.435. The van der Waals surface area contributed by atoms with E-state index in [9.17, 15) is 18.0 Å². The van der Waals surface area contributed by atoms with Crippen molar-refractivity contribution in [2.75, 3.05) is 18.4 Å². The molecule has 8 nitrogen and oxygen atoms in total. The Morgan fingerprint density at radius 3 is 2.47 bits per heavy atom. The number of rotatable bonds is 5. The van der Waals surface area contributed by atoms with Crippen molar-refractivity contribution >= 4 is 11.9 Å². The Balaban J connectivity index is 1.58. The van der Waals surface area contributed by atoms with Crippen LogP contribution in [-0.4, -0.2) is 54.9 Å². The van der Waals surface area contributed by atoms with E-state index in [1.54, 1.807) is 18.5 Å². The Morgan fingerprint density at radius 2 is 1.82 bits per heavy atom. The van der Waals surface area contributed by atoms with Crippen LogP contribution in [0.2, 0.25) is 0 Å². The van der Waals surface area contributed by atoms with E-state index in [2.05, 4.69) is 32.4 Å². The molecule has 4 rings (SSSR count). The second-order valence-electron chi connectivity index (χ2n) is 8.58. The number of piperidine rings is 1. The molecule has 2 aromatic heterocycles. The minimum absolute atomic E-state index is 0.0887. The molecule has 1 aliphatic rings. The number of carbonyl (C=O) groups excluding carboxylic acids is 1. The molecule has 34 heavy (non-hydrogen) atoms. The molecule has 0 spiro atoms. The van der Waals surface area contributed by atoms with Crippen molar-refractivity contribution in [2.45, 2.75) is 45.8 Å². The summed E-state index contributed by atoms with van der Waals surface area (Å²) in [6.07, 6.45) is 1.94. The van der Waals surface area contributed by atoms with Gasteiger partial charge >= 0.3 is 6.18 Å². The lowest BCUT2D eigenvalue weighted by Crippen LogP contribution is -2.51. The van der Waals surface area contributed by atoms with Gasteiger partial charge in [-0.2, -0.15) is 28.2 Å². The predicted molar refractivity (Wildman–Crippen MR) is 120 cm³/mol. The van der Waals surface area contributed by atoms with Gasteiger partial charge in [-0.05, 0) is 49.8 Å². The lowest BCUT2D eigenvalue weighted by molar-refractivity contribution is -0.138. The molecule has 11 heteroatoms. The highest BCUT2D eigenvalue weighted by Gasteiger charge is 2.34. The molecular formula is C23H26F3N7O. The monoisotopic (exact) mass is 473 g/mol. The number of hydrogen-bond acceptors (Lipinski definition) is 6. The van der Waals surface area contributed by atoms with Gasteiger partial charge in [0.25, 0.3) is 5.91 Å². The first-order valence-corrected chi connectivity index (χ1v) is 11.1. The van der Waals surface area contributed by atoms with Gasteiger partial charge in [0.2, 0.25) is 5.95 Å². The van der Waals surface area contributed by atoms with Crippen molar-refractivity contribution in [3.63, 3.8) is 0 Å². The van der Waals surface area contributed by atoms with E-state index >= 15 is 0 Å². The standard InChI is InChI=1S/C23H26F3N7O/c1-14-6-7-18(20(16(14)3)33-30-8-9-31-33)21(34)32-10-4-5-15(2)19(32)13-29-22-27-11-17(12-28-22)23(24,25)26/h6-9,11-12,15,19H,4-5,10,13H2,1-3H3,(H,27,28,29). The van der Waals surface area contributed by atoms with Gasteiger partial charge in [0.1, 0.15) is 5.69 Å². The van der Waals surface area contributed by atoms with Gasteiger partial charge in [-0.15, -0.1) is 0 Å². The quantitative estimate of drug-likeness (QED) is 0.602. The largest absolute Gasteiger partial charge is 0.419 e. The van der Waals surface area contributed by atoms with Crippen molar-refractivity contribution in [1.82, 2.24) is 29.9 Å². The third-order valence-electron chi connectivity index (χ3n) is 6.38. The molecule has 2 atom stereocenters. The summed E-state index contributed by atoms with van der Waals surface area (Å²) < 4.78 is 38.3. The molecule has 1 aliphatic heterocycles. The SMILES string of the molecule is Cc1ccc(C(=O)N2CCCC(C)C2CNc2ncc(C(F)(F)F)cn2)c(-n2nccn2)c1C. The Morgan fingerprint density at radius 1 is 1.15 bits per heavy atom. The molecule has 0 aliphatic carbocycles. The molecule has 2 unspecified atom stereocenters. The average molecular weight is 474 g/mol. The van der Waals surface area contributed by atoms with Crippen LogP contribution in [0.3, 0.4) is 0 Å². The Kier molecular flexibility index (Phi) is 6.54. The van der Waals surface area contributed by atoms with Crippen molar-refractivity contribution in [1.29, 1.82) is 0 Å². The van der Waals surface area contributed by atoms with E-state index < -0.39 is 11.7 Å². The molecule has 1 N–H and O–H groups in total. The maximum absolute atomic E-state index is 13.8. The Labute approximate surface area is 195 Å². The van der Waals surface area contributed by atoms with Crippen LogP contribution in [0.25, 0.3) is 5.69 Å². The van der Waals surface area contributed by atoms with Crippen LogP contribution < -0.4 is 5.32 Å². The fourth-order valence-electron chi connectivity index (χ4n) is 4.29. The summed E-state index contributed by atoms with van der Waals surface area (Å²) in [5.74, 6) is 0.130. The van der Waals surface area contributed by atoms with E-state index in [0.29, 0.717) is 24.3 Å². The summed E-state index contributed by atoms with van der Waals surface area (Å²) in [5.41, 5.74) is 2.18. The topological polar surface area (TPSA) is 88.8 Å². The van der Waals surface area contributed by atoms with Crippen molar-refractivity contribution in [2.24, 2.45) is 5.92 Å². The summed E-state index contributed by atoms with van der Waals surface area (Å²) >= 11 is 0. The highest BCUT2D eigenvalue weighted by molar-refractivity contribution is 5.98. The van der Waals surface area contributed by atoms with E-state index in [0.717, 1.165) is 36.4 Å². The molecule has 1 amide bonds. The summed E-state index contributed by atoms with van der Waals surface area (Å²) in [5, 5.41) is 11.5. The van der Waals surface area contributed by atoms with Gasteiger partial charge in [0.05, 0.1) is 29.6 Å². The number of nitrogens with one attached hydrogen (secondary N) is 1. The number of anilines is 1. The zero-order chi connectivity index (χ0) is 24.5. The van der Waals surface area contributed by atoms with Gasteiger partial charge in [0.15, 0.2) is 0 Å². The number of aromatic nitrogens is 5. The zero-order valence-electron chi connectivity index (χ0n) is 19.2. The van der Waals surface area contributed by atoms with E-state index in [-0.39, 0.29) is 23.8 Å². The van der Waals surface area contributed by atoms with Gasteiger partial charge in [-0.25, -0.2) is 9.97 Å². The first-order valence-electron chi connectivity index (χ1n) is 11.1. The molecule has 3 heterocycles. The number of likely N-dealkylation sites (tertiary alicyclic amines) is 1. The highest BCUT2D eigenvalue weighted by atomic mass is 19.4. The molecule has 1 saturated heterocycles. The van der Waals surface area contributed by atoms with Gasteiger partial charge in [-0.3, -0.25) is 4.79 Å². The second kappa shape index (κ2) is 9.40. The first kappa shape index (κ1) is 23.7. The van der Waals surface area contributed by atoms with Crippen molar-refractivity contribution < 1.29 is 18.0 Å². The molecule has 1 fully saturated rings. The zero-order valence-corrected chi connectivity index (χ0v) is 19.2. The highest BCUT2D eigenvalue weighted by Crippen LogP contribution is 2.30. The van der Waals surface area contributed by atoms with Crippen LogP contribution in [0.4, 0.5) is 19.1 Å². The van der Waals surface area contributed by atoms with E-state index in [1.807, 2.05) is 24.8 Å². The summed E-state index contributed by atoms with van der Waals surface area (Å²) in [6.45, 7) is 6.86.